The zero-order chi connectivity index (χ0) is 22.7. The van der Waals surface area contributed by atoms with Crippen LogP contribution in [0.15, 0.2) is 48.8 Å². The van der Waals surface area contributed by atoms with Crippen LogP contribution in [0.1, 0.15) is 25.3 Å². The Balaban J connectivity index is 1.60. The summed E-state index contributed by atoms with van der Waals surface area (Å²) in [6.07, 6.45) is 3.62. The summed E-state index contributed by atoms with van der Waals surface area (Å²) in [6, 6.07) is 15.4. The van der Waals surface area contributed by atoms with Gasteiger partial charge < -0.3 is 15.3 Å². The number of phenolic OH excluding ortho intramolecular Hbond substituents is 1. The molecule has 0 aliphatic carbocycles. The van der Waals surface area contributed by atoms with Crippen LogP contribution in [-0.2, 0) is 0 Å². The Hall–Kier alpha value is -3.76. The van der Waals surface area contributed by atoms with Crippen LogP contribution in [0.3, 0.4) is 0 Å². The van der Waals surface area contributed by atoms with Crippen LogP contribution in [-0.4, -0.2) is 39.7 Å². The van der Waals surface area contributed by atoms with E-state index < -0.39 is 5.82 Å². The number of nitrogens with zero attached hydrogens (tertiary/aromatic N) is 4. The molecule has 3 heterocycles. The highest BCUT2D eigenvalue weighted by Crippen LogP contribution is 2.40. The SMILES string of the molecule is CC1[C@H]2CC[C@@H](CN1c1ncnc3c(F)c(-c4cc(O)cc5ccccc45)c(C#N)cc13)N2. The summed E-state index contributed by atoms with van der Waals surface area (Å²) in [6.45, 7) is 2.94. The van der Waals surface area contributed by atoms with E-state index in [1.807, 2.05) is 24.3 Å². The lowest BCUT2D eigenvalue weighted by atomic mass is 9.92. The normalized spacial score (nSPS) is 22.1. The molecule has 2 fully saturated rings. The van der Waals surface area contributed by atoms with E-state index in [1.165, 1.54) is 12.4 Å². The predicted octanol–water partition coefficient (Wildman–Crippen LogP) is 4.50. The van der Waals surface area contributed by atoms with Crippen molar-refractivity contribution >= 4 is 27.5 Å². The van der Waals surface area contributed by atoms with Crippen molar-refractivity contribution in [3.63, 3.8) is 0 Å². The fraction of sp³-hybridized carbons (Fsp3) is 0.269. The van der Waals surface area contributed by atoms with Gasteiger partial charge in [0.05, 0.1) is 11.6 Å². The summed E-state index contributed by atoms with van der Waals surface area (Å²) in [5, 5.41) is 26.0. The van der Waals surface area contributed by atoms with Gasteiger partial charge in [0.2, 0.25) is 0 Å². The molecule has 0 spiro atoms. The number of halogens is 1. The number of hydrogen-bond donors (Lipinski definition) is 2. The van der Waals surface area contributed by atoms with E-state index in [-0.39, 0.29) is 28.4 Å². The second-order valence-corrected chi connectivity index (χ2v) is 8.97. The summed E-state index contributed by atoms with van der Waals surface area (Å²) in [5.41, 5.74) is 0.988. The molecule has 1 aromatic heterocycles. The topological polar surface area (TPSA) is 85.1 Å². The molecule has 2 bridgehead atoms. The van der Waals surface area contributed by atoms with Crippen molar-refractivity contribution < 1.29 is 9.50 Å². The van der Waals surface area contributed by atoms with Gasteiger partial charge in [0, 0.05) is 35.6 Å². The van der Waals surface area contributed by atoms with Gasteiger partial charge >= 0.3 is 0 Å². The molecular formula is C26H22FN5O. The average molecular weight is 439 g/mol. The van der Waals surface area contributed by atoms with Crippen LogP contribution in [0.5, 0.6) is 5.75 Å². The van der Waals surface area contributed by atoms with E-state index in [0.29, 0.717) is 28.9 Å². The number of nitriles is 1. The van der Waals surface area contributed by atoms with Gasteiger partial charge in [-0.1, -0.05) is 24.3 Å². The molecule has 7 heteroatoms. The molecule has 164 valence electrons. The summed E-state index contributed by atoms with van der Waals surface area (Å²) in [7, 11) is 0. The Kier molecular flexibility index (Phi) is 4.46. The maximum atomic E-state index is 16.1. The molecule has 2 aliphatic rings. The minimum Gasteiger partial charge on any atom is -0.508 e. The Morgan fingerprint density at radius 3 is 2.85 bits per heavy atom. The Labute approximate surface area is 190 Å². The summed E-state index contributed by atoms with van der Waals surface area (Å²) in [5.74, 6) is 0.100. The Bertz CT molecular complexity index is 1460. The average Bonchev–Trinajstić information content (AvgIpc) is 3.24. The number of phenols is 1. The number of aromatic nitrogens is 2. The first-order chi connectivity index (χ1) is 16.0. The summed E-state index contributed by atoms with van der Waals surface area (Å²) >= 11 is 0. The number of fused-ring (bicyclic) bond motifs is 4. The van der Waals surface area contributed by atoms with Crippen molar-refractivity contribution in [2.45, 2.75) is 37.9 Å². The second kappa shape index (κ2) is 7.39. The quantitative estimate of drug-likeness (QED) is 0.479. The minimum absolute atomic E-state index is 0.0144. The van der Waals surface area contributed by atoms with E-state index >= 15 is 4.39 Å². The monoisotopic (exact) mass is 439 g/mol. The lowest BCUT2D eigenvalue weighted by Gasteiger charge is -2.40. The van der Waals surface area contributed by atoms with Gasteiger partial charge in [-0.3, -0.25) is 0 Å². The van der Waals surface area contributed by atoms with Crippen molar-refractivity contribution in [1.29, 1.82) is 5.26 Å². The number of aromatic hydroxyl groups is 1. The van der Waals surface area contributed by atoms with Crippen LogP contribution >= 0.6 is 0 Å². The van der Waals surface area contributed by atoms with Crippen molar-refractivity contribution in [3.8, 4) is 22.9 Å². The van der Waals surface area contributed by atoms with Gasteiger partial charge in [-0.15, -0.1) is 0 Å². The predicted molar refractivity (Wildman–Crippen MR) is 126 cm³/mol. The van der Waals surface area contributed by atoms with Crippen LogP contribution in [0.4, 0.5) is 10.2 Å². The van der Waals surface area contributed by atoms with E-state index in [2.05, 4.69) is 33.2 Å². The lowest BCUT2D eigenvalue weighted by Crippen LogP contribution is -2.57. The van der Waals surface area contributed by atoms with Crippen molar-refractivity contribution in [2.24, 2.45) is 0 Å². The zero-order valence-electron chi connectivity index (χ0n) is 18.1. The molecule has 2 N–H and O–H groups in total. The lowest BCUT2D eigenvalue weighted by molar-refractivity contribution is 0.393. The van der Waals surface area contributed by atoms with Crippen molar-refractivity contribution in [1.82, 2.24) is 15.3 Å². The van der Waals surface area contributed by atoms with Crippen LogP contribution in [0.25, 0.3) is 32.8 Å². The fourth-order valence-electron chi connectivity index (χ4n) is 5.50. The minimum atomic E-state index is -0.575. The number of piperazine rings is 1. The smallest absolute Gasteiger partial charge is 0.158 e. The molecule has 3 atom stereocenters. The van der Waals surface area contributed by atoms with E-state index in [0.717, 1.165) is 30.2 Å². The molecule has 2 saturated heterocycles. The molecule has 33 heavy (non-hydrogen) atoms. The number of hydrogen-bond acceptors (Lipinski definition) is 6. The zero-order valence-corrected chi connectivity index (χ0v) is 18.1. The fourth-order valence-corrected chi connectivity index (χ4v) is 5.50. The molecule has 0 amide bonds. The highest BCUT2D eigenvalue weighted by molar-refractivity contribution is 6.03. The highest BCUT2D eigenvalue weighted by atomic mass is 19.1. The molecule has 4 aromatic rings. The Morgan fingerprint density at radius 2 is 2.00 bits per heavy atom. The maximum absolute atomic E-state index is 16.1. The van der Waals surface area contributed by atoms with Crippen LogP contribution in [0.2, 0.25) is 0 Å². The maximum Gasteiger partial charge on any atom is 0.158 e. The standard InChI is InChI=1S/C26H22FN5O/c1-14-22-7-6-17(31-22)12-32(14)26-21-9-16(11-28)23(24(27)25(21)29-13-30-26)20-10-18(33)8-15-4-2-3-5-19(15)20/h2-5,8-10,13-14,17,22,31,33H,6-7,12H2,1H3/t14?,17-,22+/m0/s1. The largest absolute Gasteiger partial charge is 0.508 e. The van der Waals surface area contributed by atoms with Gasteiger partial charge in [0.25, 0.3) is 0 Å². The van der Waals surface area contributed by atoms with Gasteiger partial charge in [0.1, 0.15) is 23.4 Å². The van der Waals surface area contributed by atoms with E-state index in [4.69, 9.17) is 0 Å². The first-order valence-corrected chi connectivity index (χ1v) is 11.2. The number of nitrogens with one attached hydrogen (secondary N) is 1. The van der Waals surface area contributed by atoms with Crippen LogP contribution < -0.4 is 10.2 Å². The van der Waals surface area contributed by atoms with Crippen LogP contribution in [0, 0.1) is 17.1 Å². The van der Waals surface area contributed by atoms with Gasteiger partial charge in [-0.25, -0.2) is 14.4 Å². The van der Waals surface area contributed by atoms with Gasteiger partial charge in [0.15, 0.2) is 5.82 Å². The molecular weight excluding hydrogens is 417 g/mol. The second-order valence-electron chi connectivity index (χ2n) is 8.97. The molecule has 6 rings (SSSR count). The van der Waals surface area contributed by atoms with E-state index in [1.54, 1.807) is 12.1 Å². The molecule has 1 unspecified atom stereocenters. The van der Waals surface area contributed by atoms with E-state index in [9.17, 15) is 10.4 Å². The number of benzene rings is 3. The highest BCUT2D eigenvalue weighted by Gasteiger charge is 2.39. The summed E-state index contributed by atoms with van der Waals surface area (Å²) in [4.78, 5) is 11.0. The third-order valence-electron chi connectivity index (χ3n) is 7.12. The molecule has 2 aliphatic heterocycles. The molecule has 0 saturated carbocycles. The molecule has 0 radical (unpaired) electrons. The van der Waals surface area contributed by atoms with Crippen molar-refractivity contribution in [3.05, 3.63) is 60.2 Å². The van der Waals surface area contributed by atoms with Gasteiger partial charge in [-0.2, -0.15) is 5.26 Å². The molecule has 3 aromatic carbocycles. The molecule has 6 nitrogen and oxygen atoms in total. The van der Waals surface area contributed by atoms with Gasteiger partial charge in [-0.05, 0) is 54.3 Å². The third-order valence-corrected chi connectivity index (χ3v) is 7.12. The summed E-state index contributed by atoms with van der Waals surface area (Å²) < 4.78 is 16.1. The first kappa shape index (κ1) is 19.9. The first-order valence-electron chi connectivity index (χ1n) is 11.2. The number of anilines is 1. The Morgan fingerprint density at radius 1 is 1.15 bits per heavy atom. The third kappa shape index (κ3) is 3.02. The number of rotatable bonds is 2. The van der Waals surface area contributed by atoms with Crippen molar-refractivity contribution in [2.75, 3.05) is 11.4 Å².